The second-order valence-electron chi connectivity index (χ2n) is 5.27. The Labute approximate surface area is 123 Å². The average molecular weight is 276 g/mol. The second-order valence-corrected chi connectivity index (χ2v) is 5.27. The number of Topliss-reactive ketones (excluding diaryl/α,β-unsaturated/α-hetero) is 1. The highest BCUT2D eigenvalue weighted by atomic mass is 16.5. The quantitative estimate of drug-likeness (QED) is 0.399. The van der Waals surface area contributed by atoms with Crippen LogP contribution in [0.1, 0.15) is 75.6 Å². The third kappa shape index (κ3) is 6.74. The third-order valence-electron chi connectivity index (χ3n) is 3.51. The molecular formula is C18H28O2. The largest absolute Gasteiger partial charge is 0.494 e. The molecule has 0 aliphatic carbocycles. The molecule has 0 atom stereocenters. The summed E-state index contributed by atoms with van der Waals surface area (Å²) >= 11 is 0. The molecule has 0 heterocycles. The Kier molecular flexibility index (Phi) is 8.77. The zero-order valence-corrected chi connectivity index (χ0v) is 13.0. The van der Waals surface area contributed by atoms with Crippen molar-refractivity contribution in [2.45, 2.75) is 65.2 Å². The first kappa shape index (κ1) is 16.7. The van der Waals surface area contributed by atoms with Crippen LogP contribution in [0.4, 0.5) is 0 Å². The van der Waals surface area contributed by atoms with Gasteiger partial charge in [0.05, 0.1) is 6.61 Å². The minimum absolute atomic E-state index is 0.184. The summed E-state index contributed by atoms with van der Waals surface area (Å²) in [6.45, 7) is 4.90. The summed E-state index contributed by atoms with van der Waals surface area (Å²) in [5.74, 6) is 1.05. The average Bonchev–Trinajstić information content (AvgIpc) is 2.50. The lowest BCUT2D eigenvalue weighted by molar-refractivity contribution is 0.0988. The Morgan fingerprint density at radius 3 is 2.10 bits per heavy atom. The monoisotopic (exact) mass is 276 g/mol. The number of rotatable bonds is 11. The molecular weight excluding hydrogens is 248 g/mol. The molecule has 2 nitrogen and oxygen atoms in total. The van der Waals surface area contributed by atoms with E-state index in [4.69, 9.17) is 4.74 Å². The van der Waals surface area contributed by atoms with Crippen molar-refractivity contribution in [2.24, 2.45) is 0 Å². The van der Waals surface area contributed by atoms with E-state index in [0.29, 0.717) is 6.42 Å². The number of hydrogen-bond donors (Lipinski definition) is 0. The Bertz CT molecular complexity index is 368. The molecule has 0 saturated carbocycles. The number of benzene rings is 1. The summed E-state index contributed by atoms with van der Waals surface area (Å²) in [6, 6.07) is 7.49. The normalized spacial score (nSPS) is 10.5. The molecule has 0 fully saturated rings. The fourth-order valence-corrected chi connectivity index (χ4v) is 2.19. The topological polar surface area (TPSA) is 26.3 Å². The van der Waals surface area contributed by atoms with E-state index in [9.17, 15) is 4.79 Å². The molecule has 0 aromatic heterocycles. The van der Waals surface area contributed by atoms with Crippen molar-refractivity contribution in [1.29, 1.82) is 0 Å². The summed E-state index contributed by atoms with van der Waals surface area (Å²) < 4.78 is 5.69. The van der Waals surface area contributed by atoms with Crippen LogP contribution in [0.5, 0.6) is 5.75 Å². The lowest BCUT2D eigenvalue weighted by atomic mass is 10.1. The van der Waals surface area contributed by atoms with E-state index in [1.807, 2.05) is 31.2 Å². The molecule has 20 heavy (non-hydrogen) atoms. The van der Waals surface area contributed by atoms with Crippen molar-refractivity contribution >= 4 is 5.78 Å². The SMILES string of the molecule is CCCCCCCCCOc1ccc(C(=O)CC)cc1. The standard InChI is InChI=1S/C18H28O2/c1-3-5-6-7-8-9-10-15-20-17-13-11-16(12-14-17)18(19)4-2/h11-14H,3-10,15H2,1-2H3. The van der Waals surface area contributed by atoms with E-state index in [0.717, 1.165) is 24.3 Å². The van der Waals surface area contributed by atoms with Crippen molar-refractivity contribution in [1.82, 2.24) is 0 Å². The predicted molar refractivity (Wildman–Crippen MR) is 84.6 cm³/mol. The van der Waals surface area contributed by atoms with Crippen molar-refractivity contribution in [3.63, 3.8) is 0 Å². The lowest BCUT2D eigenvalue weighted by Gasteiger charge is -2.07. The molecule has 0 N–H and O–H groups in total. The molecule has 1 aromatic rings. The van der Waals surface area contributed by atoms with Gasteiger partial charge in [-0.2, -0.15) is 0 Å². The number of ether oxygens (including phenoxy) is 1. The maximum Gasteiger partial charge on any atom is 0.162 e. The van der Waals surface area contributed by atoms with Crippen LogP contribution >= 0.6 is 0 Å². The van der Waals surface area contributed by atoms with Gasteiger partial charge in [-0.1, -0.05) is 52.4 Å². The molecule has 0 saturated heterocycles. The van der Waals surface area contributed by atoms with E-state index in [1.165, 1.54) is 38.5 Å². The molecule has 0 radical (unpaired) electrons. The molecule has 0 aliphatic rings. The van der Waals surface area contributed by atoms with Gasteiger partial charge < -0.3 is 4.74 Å². The molecule has 0 unspecified atom stereocenters. The van der Waals surface area contributed by atoms with E-state index in [-0.39, 0.29) is 5.78 Å². The molecule has 1 rings (SSSR count). The van der Waals surface area contributed by atoms with Crippen LogP contribution in [0.25, 0.3) is 0 Å². The zero-order valence-electron chi connectivity index (χ0n) is 13.0. The van der Waals surface area contributed by atoms with Crippen molar-refractivity contribution in [2.75, 3.05) is 6.61 Å². The highest BCUT2D eigenvalue weighted by Gasteiger charge is 2.02. The predicted octanol–water partition coefficient (Wildman–Crippen LogP) is 5.41. The van der Waals surface area contributed by atoms with Crippen molar-refractivity contribution in [3.05, 3.63) is 29.8 Å². The molecule has 112 valence electrons. The van der Waals surface area contributed by atoms with Gasteiger partial charge in [-0.15, -0.1) is 0 Å². The van der Waals surface area contributed by atoms with Gasteiger partial charge >= 0.3 is 0 Å². The smallest absolute Gasteiger partial charge is 0.162 e. The number of carbonyl (C=O) groups is 1. The summed E-state index contributed by atoms with van der Waals surface area (Å²) in [5.41, 5.74) is 0.774. The molecule has 0 bridgehead atoms. The van der Waals surface area contributed by atoms with Crippen LogP contribution in [0, 0.1) is 0 Å². The number of hydrogen-bond acceptors (Lipinski definition) is 2. The first-order valence-corrected chi connectivity index (χ1v) is 8.04. The van der Waals surface area contributed by atoms with Crippen LogP contribution < -0.4 is 4.74 Å². The summed E-state index contributed by atoms with van der Waals surface area (Å²) in [4.78, 5) is 11.5. The van der Waals surface area contributed by atoms with Crippen LogP contribution in [-0.2, 0) is 0 Å². The van der Waals surface area contributed by atoms with Crippen LogP contribution in [0.15, 0.2) is 24.3 Å². The maximum atomic E-state index is 11.5. The van der Waals surface area contributed by atoms with Gasteiger partial charge in [-0.25, -0.2) is 0 Å². The zero-order chi connectivity index (χ0) is 14.6. The van der Waals surface area contributed by atoms with Crippen LogP contribution in [0.3, 0.4) is 0 Å². The minimum Gasteiger partial charge on any atom is -0.494 e. The lowest BCUT2D eigenvalue weighted by Crippen LogP contribution is -1.99. The van der Waals surface area contributed by atoms with E-state index < -0.39 is 0 Å². The summed E-state index contributed by atoms with van der Waals surface area (Å²) in [5, 5.41) is 0. The Balaban J connectivity index is 2.11. The van der Waals surface area contributed by atoms with Gasteiger partial charge in [0.15, 0.2) is 5.78 Å². The van der Waals surface area contributed by atoms with Gasteiger partial charge in [-0.05, 0) is 30.7 Å². The van der Waals surface area contributed by atoms with Gasteiger partial charge in [0, 0.05) is 12.0 Å². The molecule has 0 aliphatic heterocycles. The van der Waals surface area contributed by atoms with Crippen molar-refractivity contribution in [3.8, 4) is 5.75 Å². The van der Waals surface area contributed by atoms with Crippen LogP contribution in [-0.4, -0.2) is 12.4 Å². The Morgan fingerprint density at radius 2 is 1.50 bits per heavy atom. The van der Waals surface area contributed by atoms with E-state index >= 15 is 0 Å². The maximum absolute atomic E-state index is 11.5. The van der Waals surface area contributed by atoms with Gasteiger partial charge in [-0.3, -0.25) is 4.79 Å². The molecule has 1 aromatic carbocycles. The minimum atomic E-state index is 0.184. The first-order valence-electron chi connectivity index (χ1n) is 8.04. The van der Waals surface area contributed by atoms with E-state index in [1.54, 1.807) is 0 Å². The molecule has 2 heteroatoms. The Morgan fingerprint density at radius 1 is 0.900 bits per heavy atom. The molecule has 0 amide bonds. The summed E-state index contributed by atoms with van der Waals surface area (Å²) in [7, 11) is 0. The first-order chi connectivity index (χ1) is 9.77. The number of carbonyl (C=O) groups excluding carboxylic acids is 1. The number of ketones is 1. The van der Waals surface area contributed by atoms with E-state index in [2.05, 4.69) is 6.92 Å². The fourth-order valence-electron chi connectivity index (χ4n) is 2.19. The highest BCUT2D eigenvalue weighted by Crippen LogP contribution is 2.14. The molecule has 0 spiro atoms. The van der Waals surface area contributed by atoms with Gasteiger partial charge in [0.1, 0.15) is 5.75 Å². The van der Waals surface area contributed by atoms with Gasteiger partial charge in [0.2, 0.25) is 0 Å². The third-order valence-corrected chi connectivity index (χ3v) is 3.51. The Hall–Kier alpha value is -1.31. The fraction of sp³-hybridized carbons (Fsp3) is 0.611. The van der Waals surface area contributed by atoms with Crippen molar-refractivity contribution < 1.29 is 9.53 Å². The highest BCUT2D eigenvalue weighted by molar-refractivity contribution is 5.95. The van der Waals surface area contributed by atoms with Gasteiger partial charge in [0.25, 0.3) is 0 Å². The second kappa shape index (κ2) is 10.5. The summed E-state index contributed by atoms with van der Waals surface area (Å²) in [6.07, 6.45) is 9.61. The number of unbranched alkanes of at least 4 members (excludes halogenated alkanes) is 6. The van der Waals surface area contributed by atoms with Crippen LogP contribution in [0.2, 0.25) is 0 Å².